The number of rotatable bonds is 29. The molecule has 3 aliphatic heterocycles. The molecule has 0 bridgehead atoms. The Morgan fingerprint density at radius 2 is 0.916 bits per heavy atom. The van der Waals surface area contributed by atoms with Crippen molar-refractivity contribution in [3.05, 3.63) is 12.2 Å². The Balaban J connectivity index is -0.000000211. The molecule has 95 heavy (non-hydrogen) atoms. The number of nitrogens with one attached hydrogen (secondary N) is 2. The van der Waals surface area contributed by atoms with E-state index in [1.807, 2.05) is 0 Å². The molecule has 2 amide bonds. The van der Waals surface area contributed by atoms with Crippen LogP contribution in [-0.4, -0.2) is 240 Å². The van der Waals surface area contributed by atoms with Gasteiger partial charge in [0.15, 0.2) is 18.9 Å². The summed E-state index contributed by atoms with van der Waals surface area (Å²) in [5, 5.41) is 148. The second-order valence-electron chi connectivity index (χ2n) is 22.1. The van der Waals surface area contributed by atoms with Crippen molar-refractivity contribution in [1.29, 1.82) is 0 Å². The Hall–Kier alpha value is -7.40. The van der Waals surface area contributed by atoms with Crippen molar-refractivity contribution in [3.8, 4) is 142 Å². The molecule has 0 spiro atoms. The van der Waals surface area contributed by atoms with E-state index in [0.717, 1.165) is 32.6 Å². The van der Waals surface area contributed by atoms with E-state index in [4.69, 9.17) is 33.2 Å². The van der Waals surface area contributed by atoms with Gasteiger partial charge in [0, 0.05) is 95.1 Å². The van der Waals surface area contributed by atoms with Crippen molar-refractivity contribution in [2.75, 3.05) is 33.0 Å². The molecule has 0 aromatic carbocycles. The average Bonchev–Trinajstić information content (AvgIpc) is 0.774. The van der Waals surface area contributed by atoms with E-state index in [-0.39, 0.29) is 40.7 Å². The third-order valence-corrected chi connectivity index (χ3v) is 15.2. The standard InChI is InChI=1S/C71H84N2O22.24H2/c1-4-6-8-10-12-14-16-18-19-20-21-22-23-24-25-26-27-29-31-33-35-37-39-41-56(80)73-50(51(79)40-38-36-34-32-30-28-17-15-13-11-9-7-5-2)47-89-52-42-49(43-74)66(63(86)58(52)81)93-70-65(88)68(61(84)55(46-77)91-70)95-71-64(87)67(60(83)54(45-76)92-71)94-69-57(72-48(3)78)62(85)59(82)53(44-75)90-69;;;;;;;;;;;;;;;;;;;;;;;;/h38,40,49-55,57-71,74-77,79,81-88H,5,7,9,11,13,15,17,28,30,32,34,36,42-47H2,1-3H3,(H,72,78)(H,73,80);24*1H/b40-38+;;;;;;;;;;;;;;;;;;;;;;;;/t49?,50-,51+,52?,53?,54?,55?,57?,58?,59?,60?,61?,62?,63?,64?,65?,66?,67?,68?,69?,70?,71?;;;;;;;;;;;;;;;;;;;;;;;;/m0......................../s1. The summed E-state index contributed by atoms with van der Waals surface area (Å²) in [5.41, 5.74) is 0. The van der Waals surface area contributed by atoms with Gasteiger partial charge in [0.05, 0.1) is 50.8 Å². The fraction of sp³-hybridized carbons (Fsp3) is 0.606. The van der Waals surface area contributed by atoms with Crippen LogP contribution >= 0.6 is 0 Å². The lowest BCUT2D eigenvalue weighted by Gasteiger charge is -2.49. The highest BCUT2D eigenvalue weighted by atomic mass is 16.8. The van der Waals surface area contributed by atoms with Crippen LogP contribution in [0.4, 0.5) is 0 Å². The number of allylic oxidation sites excluding steroid dienone is 1. The molecule has 24 nitrogen and oxygen atoms in total. The second-order valence-corrected chi connectivity index (χ2v) is 22.1. The number of hydrogen-bond donors (Lipinski definition) is 15. The lowest BCUT2D eigenvalue weighted by atomic mass is 9.80. The minimum absolute atomic E-state index is 0. The Morgan fingerprint density at radius 1 is 0.505 bits per heavy atom. The van der Waals surface area contributed by atoms with Crippen molar-refractivity contribution in [3.63, 3.8) is 0 Å². The van der Waals surface area contributed by atoms with Crippen LogP contribution in [0.2, 0.25) is 0 Å². The monoisotopic (exact) mass is 1360 g/mol. The lowest BCUT2D eigenvalue weighted by Crippen LogP contribution is -2.68. The lowest BCUT2D eigenvalue weighted by molar-refractivity contribution is -0.381. The number of carbonyl (C=O) groups is 2. The van der Waals surface area contributed by atoms with E-state index in [1.54, 1.807) is 13.0 Å². The Bertz CT molecular complexity index is 3380. The van der Waals surface area contributed by atoms with E-state index in [9.17, 15) is 76.0 Å². The maximum atomic E-state index is 13.2. The molecule has 15 N–H and O–H groups in total. The van der Waals surface area contributed by atoms with Gasteiger partial charge in [-0.15, -0.1) is 0 Å². The number of unbranched alkanes of at least 4 members (excludes halogenated alkanes) is 11. The number of hydrogen-bond acceptors (Lipinski definition) is 22. The van der Waals surface area contributed by atoms with Gasteiger partial charge in [-0.2, -0.15) is 0 Å². The van der Waals surface area contributed by atoms with Crippen LogP contribution in [0.3, 0.4) is 0 Å². The van der Waals surface area contributed by atoms with Gasteiger partial charge in [0.25, 0.3) is 5.91 Å². The van der Waals surface area contributed by atoms with E-state index in [2.05, 4.69) is 160 Å². The highest BCUT2D eigenvalue weighted by Crippen LogP contribution is 2.36. The Kier molecular flexibility index (Phi) is 38.7. The number of ether oxygens (including phenoxy) is 7. The van der Waals surface area contributed by atoms with Gasteiger partial charge < -0.3 is 110 Å². The van der Waals surface area contributed by atoms with E-state index in [1.165, 1.54) is 51.0 Å². The fourth-order valence-corrected chi connectivity index (χ4v) is 10.2. The minimum atomic E-state index is -2.12. The quantitative estimate of drug-likeness (QED) is 0.0290. The van der Waals surface area contributed by atoms with Crippen LogP contribution in [0.5, 0.6) is 0 Å². The Labute approximate surface area is 591 Å². The first-order chi connectivity index (χ1) is 46.0. The fourth-order valence-electron chi connectivity index (χ4n) is 10.2. The van der Waals surface area contributed by atoms with Gasteiger partial charge in [-0.25, -0.2) is 0 Å². The third kappa shape index (κ3) is 27.7. The van der Waals surface area contributed by atoms with E-state index < -0.39 is 179 Å². The SMILES string of the molecule is CC#CC#CC#CC#CC#CC#CC#CC#CC#CC#CC#CC#CC(=O)N[C@@H](COC1CC(CO)C(OC2OC(CO)C(O)C(OC3OC(CO)C(O)C(OC4OC(CO)C(O)C(O)C4NC(C)=O)C3O)C2O)C(O)C1O)[C@H](O)/C=C/CCCCCCCCCCCCC.[HH].[HH].[HH].[HH].[HH].[HH].[HH].[HH].[HH].[HH].[HH].[HH].[HH].[HH].[HH].[HH].[HH].[HH].[HH].[HH].[HH].[HH].[HH].[HH]. The highest BCUT2D eigenvalue weighted by molar-refractivity contribution is 5.94. The molecule has 558 valence electrons. The molecule has 4 rings (SSSR count). The zero-order chi connectivity index (χ0) is 69.3. The topological polar surface area (TPSA) is 386 Å². The normalized spacial score (nSPS) is 30.0. The first-order valence-electron chi connectivity index (χ1n) is 31.2. The number of carbonyl (C=O) groups excluding carboxylic acids is 2. The molecule has 3 saturated heterocycles. The molecular formula is C71H132N2O22. The first kappa shape index (κ1) is 80.0. The van der Waals surface area contributed by atoms with E-state index >= 15 is 0 Å². The highest BCUT2D eigenvalue weighted by Gasteiger charge is 2.55. The molecule has 3 heterocycles. The third-order valence-electron chi connectivity index (χ3n) is 15.2. The van der Waals surface area contributed by atoms with Crippen LogP contribution in [0.25, 0.3) is 0 Å². The number of aliphatic hydroxyl groups excluding tert-OH is 13. The molecule has 20 unspecified atom stereocenters. The summed E-state index contributed by atoms with van der Waals surface area (Å²) in [5.74, 6) is 56.7. The molecule has 1 saturated carbocycles. The van der Waals surface area contributed by atoms with Gasteiger partial charge in [-0.3, -0.25) is 9.59 Å². The molecule has 0 aromatic rings. The predicted octanol–water partition coefficient (Wildman–Crippen LogP) is 2.15. The molecular weight excluding hydrogens is 1230 g/mol. The number of amides is 2. The summed E-state index contributed by atoms with van der Waals surface area (Å²) in [4.78, 5) is 25.2. The number of aliphatic hydroxyl groups is 13. The molecule has 0 radical (unpaired) electrons. The van der Waals surface area contributed by atoms with Crippen molar-refractivity contribution in [2.24, 2.45) is 5.92 Å². The van der Waals surface area contributed by atoms with E-state index in [0.29, 0.717) is 6.42 Å². The van der Waals surface area contributed by atoms with Gasteiger partial charge in [0.1, 0.15) is 85.4 Å². The zero-order valence-corrected chi connectivity index (χ0v) is 53.1. The molecule has 0 aromatic heterocycles. The van der Waals surface area contributed by atoms with Crippen molar-refractivity contribution in [2.45, 2.75) is 233 Å². The summed E-state index contributed by atoms with van der Waals surface area (Å²) in [6.45, 7) is 1.01. The summed E-state index contributed by atoms with van der Waals surface area (Å²) in [6.07, 6.45) is -17.5. The van der Waals surface area contributed by atoms with Crippen molar-refractivity contribution in [1.82, 2.24) is 10.6 Å². The Morgan fingerprint density at radius 3 is 1.36 bits per heavy atom. The molecule has 24 heteroatoms. The van der Waals surface area contributed by atoms with Crippen LogP contribution in [-0.2, 0) is 42.7 Å². The molecule has 4 aliphatic rings. The average molecular weight is 1370 g/mol. The summed E-state index contributed by atoms with van der Waals surface area (Å²) < 4.78 is 40.7. The van der Waals surface area contributed by atoms with Gasteiger partial charge >= 0.3 is 0 Å². The van der Waals surface area contributed by atoms with Gasteiger partial charge in [0.2, 0.25) is 5.91 Å². The van der Waals surface area contributed by atoms with Crippen LogP contribution in [0.15, 0.2) is 12.2 Å². The first-order valence-corrected chi connectivity index (χ1v) is 31.2. The maximum absolute atomic E-state index is 13.2. The minimum Gasteiger partial charge on any atom is -0.396 e. The van der Waals surface area contributed by atoms with Crippen LogP contribution in [0.1, 0.15) is 138 Å². The van der Waals surface area contributed by atoms with Crippen molar-refractivity contribution >= 4 is 11.8 Å². The zero-order valence-electron chi connectivity index (χ0n) is 53.1. The van der Waals surface area contributed by atoms with Gasteiger partial charge in [-0.1, -0.05) is 89.2 Å². The summed E-state index contributed by atoms with van der Waals surface area (Å²) in [7, 11) is 0. The molecule has 1 aliphatic carbocycles. The van der Waals surface area contributed by atoms with Crippen molar-refractivity contribution < 1.29 is 143 Å². The maximum Gasteiger partial charge on any atom is 0.297 e. The summed E-state index contributed by atoms with van der Waals surface area (Å²) in [6, 6.07) is -2.74. The smallest absolute Gasteiger partial charge is 0.297 e. The van der Waals surface area contributed by atoms with Crippen LogP contribution in [0, 0.1) is 148 Å². The summed E-state index contributed by atoms with van der Waals surface area (Å²) >= 11 is 0. The predicted molar refractivity (Wildman–Crippen MR) is 390 cm³/mol. The molecule has 4 fully saturated rings. The second kappa shape index (κ2) is 45.9. The van der Waals surface area contributed by atoms with Gasteiger partial charge in [-0.05, 0) is 121 Å². The van der Waals surface area contributed by atoms with Crippen LogP contribution < -0.4 is 10.6 Å². The molecule has 22 atom stereocenters. The largest absolute Gasteiger partial charge is 0.396 e.